The number of para-hydroxylation sites is 1. The van der Waals surface area contributed by atoms with Crippen LogP contribution in [0.15, 0.2) is 36.4 Å². The van der Waals surface area contributed by atoms with Crippen LogP contribution in [-0.2, 0) is 35.3 Å². The van der Waals surface area contributed by atoms with Crippen molar-refractivity contribution in [3.63, 3.8) is 0 Å². The van der Waals surface area contributed by atoms with Gasteiger partial charge in [0.05, 0.1) is 17.3 Å². The third-order valence-corrected chi connectivity index (χ3v) is 6.46. The van der Waals surface area contributed by atoms with Crippen LogP contribution >= 0.6 is 0 Å². The van der Waals surface area contributed by atoms with Crippen LogP contribution in [0, 0.1) is 0 Å². The molecule has 0 aromatic heterocycles. The molecule has 2 aliphatic heterocycles. The minimum atomic E-state index is -3.69. The third kappa shape index (κ3) is 3.84. The zero-order valence-corrected chi connectivity index (χ0v) is 16.3. The summed E-state index contributed by atoms with van der Waals surface area (Å²) in [7, 11) is -5.06. The second-order valence-corrected chi connectivity index (χ2v) is 9.01. The Labute approximate surface area is 164 Å². The van der Waals surface area contributed by atoms with Gasteiger partial charge >= 0.3 is 7.12 Å². The van der Waals surface area contributed by atoms with Crippen molar-refractivity contribution in [3.8, 4) is 5.75 Å². The van der Waals surface area contributed by atoms with Crippen LogP contribution in [0.5, 0.6) is 5.75 Å². The summed E-state index contributed by atoms with van der Waals surface area (Å²) >= 11 is 0. The number of nitrogens with one attached hydrogen (secondary N) is 2. The molecule has 2 heterocycles. The van der Waals surface area contributed by atoms with E-state index in [1.165, 1.54) is 12.5 Å². The number of ketones is 1. The van der Waals surface area contributed by atoms with Gasteiger partial charge in [0.25, 0.3) is 0 Å². The summed E-state index contributed by atoms with van der Waals surface area (Å²) in [5.74, 6) is -0.849. The fourth-order valence-electron chi connectivity index (χ4n) is 3.73. The largest absolute Gasteiger partial charge is 0.542 e. The molecular formula is C19H21BN2O5S. The van der Waals surface area contributed by atoms with E-state index in [1.807, 2.05) is 18.2 Å². The Morgan fingerprint density at radius 2 is 2.04 bits per heavy atom. The van der Waals surface area contributed by atoms with Crippen molar-refractivity contribution in [3.05, 3.63) is 64.2 Å². The number of benzene rings is 2. The summed E-state index contributed by atoms with van der Waals surface area (Å²) in [5, 5.41) is 13.5. The highest BCUT2D eigenvalue weighted by molar-refractivity contribution is 7.88. The molecule has 2 aromatic carbocycles. The standard InChI is InChI=1S/C19H21BN2O5S/c1-12(23)17-4-2-3-14-8-18(20(24)27-19(14)17)22-28(25,26)11-13-5-6-15-9-21-10-16(15)7-13/h2-7,18,21-22,24H,8-11H2,1H3/t18-/m0/s1. The molecular weight excluding hydrogens is 379 g/mol. The molecule has 0 amide bonds. The third-order valence-electron chi connectivity index (χ3n) is 5.09. The van der Waals surface area contributed by atoms with Gasteiger partial charge in [-0.1, -0.05) is 30.3 Å². The molecule has 1 atom stereocenters. The van der Waals surface area contributed by atoms with E-state index in [1.54, 1.807) is 18.2 Å². The predicted octanol–water partition coefficient (Wildman–Crippen LogP) is 0.935. The number of Topliss-reactive ketones (excluding diaryl/α,β-unsaturated/α-hetero) is 1. The fourth-order valence-corrected chi connectivity index (χ4v) is 5.09. The Balaban J connectivity index is 1.50. The first-order valence-corrected chi connectivity index (χ1v) is 10.8. The normalized spacial score (nSPS) is 18.4. The lowest BCUT2D eigenvalue weighted by Gasteiger charge is -2.29. The van der Waals surface area contributed by atoms with Crippen LogP contribution in [-0.4, -0.2) is 32.3 Å². The van der Waals surface area contributed by atoms with Crippen molar-refractivity contribution in [1.29, 1.82) is 0 Å². The van der Waals surface area contributed by atoms with Gasteiger partial charge in [0, 0.05) is 13.1 Å². The van der Waals surface area contributed by atoms with Crippen molar-refractivity contribution >= 4 is 22.9 Å². The summed E-state index contributed by atoms with van der Waals surface area (Å²) in [4.78, 5) is 11.7. The minimum Gasteiger partial charge on any atom is -0.534 e. The molecule has 146 valence electrons. The zero-order valence-electron chi connectivity index (χ0n) is 15.4. The lowest BCUT2D eigenvalue weighted by Crippen LogP contribution is -2.53. The van der Waals surface area contributed by atoms with Crippen molar-refractivity contribution in [2.45, 2.75) is 38.1 Å². The molecule has 0 aliphatic carbocycles. The number of carbonyl (C=O) groups excluding carboxylic acids is 1. The van der Waals surface area contributed by atoms with E-state index in [9.17, 15) is 18.2 Å². The monoisotopic (exact) mass is 400 g/mol. The van der Waals surface area contributed by atoms with Crippen LogP contribution in [0.2, 0.25) is 0 Å². The highest BCUT2D eigenvalue weighted by atomic mass is 32.2. The molecule has 0 unspecified atom stereocenters. The lowest BCUT2D eigenvalue weighted by molar-refractivity contribution is 0.101. The van der Waals surface area contributed by atoms with Gasteiger partial charge in [-0.15, -0.1) is 0 Å². The molecule has 0 saturated carbocycles. The highest BCUT2D eigenvalue weighted by Gasteiger charge is 2.38. The number of hydrogen-bond acceptors (Lipinski definition) is 6. The molecule has 0 fully saturated rings. The number of hydrogen-bond donors (Lipinski definition) is 3. The Hall–Kier alpha value is -2.20. The molecule has 0 spiro atoms. The van der Waals surface area contributed by atoms with Gasteiger partial charge < -0.3 is 15.0 Å². The number of carbonyl (C=O) groups is 1. The van der Waals surface area contributed by atoms with E-state index in [0.717, 1.165) is 18.7 Å². The minimum absolute atomic E-state index is 0.172. The highest BCUT2D eigenvalue weighted by Crippen LogP contribution is 2.30. The second-order valence-electron chi connectivity index (χ2n) is 7.25. The van der Waals surface area contributed by atoms with Gasteiger partial charge in [-0.25, -0.2) is 13.1 Å². The summed E-state index contributed by atoms with van der Waals surface area (Å²) in [5.41, 5.74) is 4.06. The first kappa shape index (κ1) is 19.1. The van der Waals surface area contributed by atoms with Crippen LogP contribution in [0.25, 0.3) is 0 Å². The molecule has 0 saturated heterocycles. The van der Waals surface area contributed by atoms with Crippen molar-refractivity contribution in [1.82, 2.24) is 10.0 Å². The molecule has 28 heavy (non-hydrogen) atoms. The number of rotatable bonds is 5. The smallest absolute Gasteiger partial charge is 0.534 e. The maximum absolute atomic E-state index is 12.7. The SMILES string of the molecule is CC(=O)c1cccc2c1OB(O)[C@@H](NS(=O)(=O)Cc1ccc3c(c1)CNC3)C2. The van der Waals surface area contributed by atoms with E-state index in [4.69, 9.17) is 4.65 Å². The predicted molar refractivity (Wildman–Crippen MR) is 105 cm³/mol. The van der Waals surface area contributed by atoms with E-state index in [0.29, 0.717) is 22.4 Å². The van der Waals surface area contributed by atoms with Gasteiger partial charge in [-0.2, -0.15) is 0 Å². The maximum Gasteiger partial charge on any atom is 0.542 e. The quantitative estimate of drug-likeness (QED) is 0.510. The first-order chi connectivity index (χ1) is 13.3. The van der Waals surface area contributed by atoms with Crippen LogP contribution in [0.3, 0.4) is 0 Å². The van der Waals surface area contributed by atoms with Crippen molar-refractivity contribution in [2.24, 2.45) is 0 Å². The number of fused-ring (bicyclic) bond motifs is 2. The summed E-state index contributed by atoms with van der Waals surface area (Å²) in [6, 6.07) is 10.8. The topological polar surface area (TPSA) is 105 Å². The Morgan fingerprint density at radius 3 is 2.82 bits per heavy atom. The van der Waals surface area contributed by atoms with Gasteiger partial charge in [0.1, 0.15) is 5.75 Å². The fraction of sp³-hybridized carbons (Fsp3) is 0.316. The molecule has 9 heteroatoms. The lowest BCUT2D eigenvalue weighted by atomic mass is 9.73. The van der Waals surface area contributed by atoms with E-state index in [2.05, 4.69) is 10.0 Å². The van der Waals surface area contributed by atoms with Crippen LogP contribution in [0.1, 0.15) is 39.5 Å². The molecule has 0 bridgehead atoms. The molecule has 2 aromatic rings. The second kappa shape index (κ2) is 7.33. The van der Waals surface area contributed by atoms with Crippen molar-refractivity contribution < 1.29 is 22.9 Å². The summed E-state index contributed by atoms with van der Waals surface area (Å²) < 4.78 is 33.3. The van der Waals surface area contributed by atoms with Gasteiger partial charge in [0.2, 0.25) is 10.0 Å². The van der Waals surface area contributed by atoms with E-state index < -0.39 is 23.1 Å². The van der Waals surface area contributed by atoms with Crippen LogP contribution in [0.4, 0.5) is 0 Å². The number of sulfonamides is 1. The molecule has 3 N–H and O–H groups in total. The van der Waals surface area contributed by atoms with E-state index in [-0.39, 0.29) is 18.0 Å². The molecule has 2 aliphatic rings. The average molecular weight is 400 g/mol. The Morgan fingerprint density at radius 1 is 1.25 bits per heavy atom. The van der Waals surface area contributed by atoms with Crippen molar-refractivity contribution in [2.75, 3.05) is 0 Å². The summed E-state index contributed by atoms with van der Waals surface area (Å²) in [6.07, 6.45) is 0.241. The zero-order chi connectivity index (χ0) is 19.9. The van der Waals surface area contributed by atoms with E-state index >= 15 is 0 Å². The Bertz CT molecular complexity index is 1040. The maximum atomic E-state index is 12.7. The van der Waals surface area contributed by atoms with Gasteiger partial charge in [-0.3, -0.25) is 4.79 Å². The van der Waals surface area contributed by atoms with Gasteiger partial charge in [-0.05, 0) is 41.7 Å². The average Bonchev–Trinajstić information content (AvgIpc) is 3.09. The summed E-state index contributed by atoms with van der Waals surface area (Å²) in [6.45, 7) is 2.96. The van der Waals surface area contributed by atoms with Crippen LogP contribution < -0.4 is 14.7 Å². The molecule has 0 radical (unpaired) electrons. The molecule has 4 rings (SSSR count). The van der Waals surface area contributed by atoms with Gasteiger partial charge in [0.15, 0.2) is 5.78 Å². The molecule has 7 nitrogen and oxygen atoms in total. The Kier molecular flexibility index (Phi) is 5.01. The first-order valence-electron chi connectivity index (χ1n) is 9.11.